The number of benzene rings is 2. The van der Waals surface area contributed by atoms with Gasteiger partial charge in [-0.1, -0.05) is 23.8 Å². The largest absolute Gasteiger partial charge is 0.326 e. The number of nitrogens with one attached hydrogen (secondary N) is 2. The van der Waals surface area contributed by atoms with Crippen molar-refractivity contribution < 1.29 is 9.59 Å². The Bertz CT molecular complexity index is 799. The van der Waals surface area contributed by atoms with Crippen LogP contribution in [0.3, 0.4) is 0 Å². The zero-order valence-corrected chi connectivity index (χ0v) is 16.3. The molecule has 142 valence electrons. The topological polar surface area (TPSA) is 58.2 Å². The molecule has 0 spiro atoms. The van der Waals surface area contributed by atoms with E-state index in [0.717, 1.165) is 48.2 Å². The average molecular weight is 364 g/mol. The molecular formula is C23H28N2O2. The standard InChI is InChI=1S/C23H28N2O2/c1-15-4-10-20(11-5-15)24-22(26)18-6-8-19(9-7-18)23(27)25-21-13-16(2)12-17(3)14-21/h4-5,10-14,18-19H,6-9H2,1-3H3,(H,24,26)(H,25,27). The second-order valence-corrected chi connectivity index (χ2v) is 7.77. The van der Waals surface area contributed by atoms with Gasteiger partial charge in [-0.15, -0.1) is 0 Å². The molecule has 1 aliphatic rings. The molecule has 0 bridgehead atoms. The summed E-state index contributed by atoms with van der Waals surface area (Å²) >= 11 is 0. The normalized spacial score (nSPS) is 19.4. The first-order valence-electron chi connectivity index (χ1n) is 9.67. The van der Waals surface area contributed by atoms with Gasteiger partial charge < -0.3 is 10.6 Å². The summed E-state index contributed by atoms with van der Waals surface area (Å²) in [5.41, 5.74) is 5.14. The first kappa shape index (κ1) is 19.2. The van der Waals surface area contributed by atoms with Gasteiger partial charge in [-0.05, 0) is 81.8 Å². The van der Waals surface area contributed by atoms with Crippen LogP contribution in [0.5, 0.6) is 0 Å². The Morgan fingerprint density at radius 1 is 0.667 bits per heavy atom. The Morgan fingerprint density at radius 3 is 1.59 bits per heavy atom. The van der Waals surface area contributed by atoms with Crippen molar-refractivity contribution in [1.82, 2.24) is 0 Å². The Labute approximate surface area is 161 Å². The molecule has 2 aromatic rings. The molecule has 0 aromatic heterocycles. The Morgan fingerprint density at radius 2 is 1.11 bits per heavy atom. The van der Waals surface area contributed by atoms with E-state index in [1.165, 1.54) is 5.56 Å². The van der Waals surface area contributed by atoms with Crippen LogP contribution in [0, 0.1) is 32.6 Å². The minimum atomic E-state index is -0.0192. The molecular weight excluding hydrogens is 336 g/mol. The second-order valence-electron chi connectivity index (χ2n) is 7.77. The van der Waals surface area contributed by atoms with Crippen LogP contribution in [0.2, 0.25) is 0 Å². The van der Waals surface area contributed by atoms with E-state index < -0.39 is 0 Å². The van der Waals surface area contributed by atoms with E-state index in [1.54, 1.807) is 0 Å². The molecule has 0 radical (unpaired) electrons. The van der Waals surface area contributed by atoms with Crippen molar-refractivity contribution in [3.8, 4) is 0 Å². The van der Waals surface area contributed by atoms with Crippen LogP contribution in [0.1, 0.15) is 42.4 Å². The summed E-state index contributed by atoms with van der Waals surface area (Å²) in [7, 11) is 0. The number of rotatable bonds is 4. The molecule has 4 nitrogen and oxygen atoms in total. The van der Waals surface area contributed by atoms with Crippen LogP contribution < -0.4 is 10.6 Å². The molecule has 2 N–H and O–H groups in total. The monoisotopic (exact) mass is 364 g/mol. The van der Waals surface area contributed by atoms with Crippen LogP contribution >= 0.6 is 0 Å². The van der Waals surface area contributed by atoms with E-state index in [-0.39, 0.29) is 23.7 Å². The minimum absolute atomic E-state index is 0.0171. The molecule has 0 aliphatic heterocycles. The predicted molar refractivity (Wildman–Crippen MR) is 110 cm³/mol. The highest BCUT2D eigenvalue weighted by atomic mass is 16.2. The van der Waals surface area contributed by atoms with Crippen molar-refractivity contribution in [2.24, 2.45) is 11.8 Å². The fraction of sp³-hybridized carbons (Fsp3) is 0.391. The highest BCUT2D eigenvalue weighted by Crippen LogP contribution is 2.31. The molecule has 1 fully saturated rings. The summed E-state index contributed by atoms with van der Waals surface area (Å²) in [6.07, 6.45) is 3.01. The van der Waals surface area contributed by atoms with E-state index in [2.05, 4.69) is 16.7 Å². The van der Waals surface area contributed by atoms with Crippen LogP contribution in [-0.2, 0) is 9.59 Å². The fourth-order valence-electron chi connectivity index (χ4n) is 3.79. The summed E-state index contributed by atoms with van der Waals surface area (Å²) in [5.74, 6) is 0.0928. The van der Waals surface area contributed by atoms with E-state index >= 15 is 0 Å². The van der Waals surface area contributed by atoms with Gasteiger partial charge in [-0.2, -0.15) is 0 Å². The molecule has 2 aromatic carbocycles. The number of aryl methyl sites for hydroxylation is 3. The molecule has 3 rings (SSSR count). The summed E-state index contributed by atoms with van der Waals surface area (Å²) in [6.45, 7) is 6.08. The van der Waals surface area contributed by atoms with E-state index in [1.807, 2.05) is 57.2 Å². The van der Waals surface area contributed by atoms with Crippen molar-refractivity contribution in [2.75, 3.05) is 10.6 Å². The van der Waals surface area contributed by atoms with Crippen molar-refractivity contribution >= 4 is 23.2 Å². The summed E-state index contributed by atoms with van der Waals surface area (Å²) in [5, 5.41) is 6.04. The maximum absolute atomic E-state index is 12.6. The summed E-state index contributed by atoms with van der Waals surface area (Å²) in [4.78, 5) is 25.1. The minimum Gasteiger partial charge on any atom is -0.326 e. The highest BCUT2D eigenvalue weighted by Gasteiger charge is 2.30. The fourth-order valence-corrected chi connectivity index (χ4v) is 3.79. The van der Waals surface area contributed by atoms with Gasteiger partial charge in [0.05, 0.1) is 0 Å². The number of anilines is 2. The number of carbonyl (C=O) groups excluding carboxylic acids is 2. The van der Waals surface area contributed by atoms with E-state index in [4.69, 9.17) is 0 Å². The van der Waals surface area contributed by atoms with Crippen LogP contribution in [-0.4, -0.2) is 11.8 Å². The van der Waals surface area contributed by atoms with Crippen LogP contribution in [0.25, 0.3) is 0 Å². The highest BCUT2D eigenvalue weighted by molar-refractivity contribution is 5.94. The number of hydrogen-bond donors (Lipinski definition) is 2. The van der Waals surface area contributed by atoms with E-state index in [9.17, 15) is 9.59 Å². The lowest BCUT2D eigenvalue weighted by Crippen LogP contribution is -2.32. The average Bonchev–Trinajstić information content (AvgIpc) is 2.63. The van der Waals surface area contributed by atoms with Gasteiger partial charge in [0.15, 0.2) is 0 Å². The van der Waals surface area contributed by atoms with Crippen LogP contribution in [0.15, 0.2) is 42.5 Å². The van der Waals surface area contributed by atoms with Gasteiger partial charge in [0.25, 0.3) is 0 Å². The Hall–Kier alpha value is -2.62. The van der Waals surface area contributed by atoms with Crippen molar-refractivity contribution in [2.45, 2.75) is 46.5 Å². The van der Waals surface area contributed by atoms with Crippen molar-refractivity contribution in [1.29, 1.82) is 0 Å². The molecule has 1 aliphatic carbocycles. The molecule has 1 saturated carbocycles. The first-order valence-corrected chi connectivity index (χ1v) is 9.67. The second kappa shape index (κ2) is 8.38. The van der Waals surface area contributed by atoms with Gasteiger partial charge >= 0.3 is 0 Å². The molecule has 2 amide bonds. The summed E-state index contributed by atoms with van der Waals surface area (Å²) < 4.78 is 0. The third-order valence-electron chi connectivity index (χ3n) is 5.28. The number of carbonyl (C=O) groups is 2. The quantitative estimate of drug-likeness (QED) is 0.802. The summed E-state index contributed by atoms with van der Waals surface area (Å²) in [6, 6.07) is 13.9. The Balaban J connectivity index is 1.51. The third-order valence-corrected chi connectivity index (χ3v) is 5.28. The Kier molecular flexibility index (Phi) is 5.94. The molecule has 0 atom stereocenters. The van der Waals surface area contributed by atoms with Gasteiger partial charge in [0.1, 0.15) is 0 Å². The molecule has 0 saturated heterocycles. The van der Waals surface area contributed by atoms with Crippen LogP contribution in [0.4, 0.5) is 11.4 Å². The predicted octanol–water partition coefficient (Wildman–Crippen LogP) is 5.00. The van der Waals surface area contributed by atoms with Crippen molar-refractivity contribution in [3.05, 3.63) is 59.2 Å². The maximum atomic E-state index is 12.6. The molecule has 0 heterocycles. The van der Waals surface area contributed by atoms with Gasteiger partial charge in [0, 0.05) is 23.2 Å². The lowest BCUT2D eigenvalue weighted by molar-refractivity contribution is -0.125. The van der Waals surface area contributed by atoms with Gasteiger partial charge in [0.2, 0.25) is 11.8 Å². The zero-order chi connectivity index (χ0) is 19.4. The SMILES string of the molecule is Cc1ccc(NC(=O)C2CCC(C(=O)Nc3cc(C)cc(C)c3)CC2)cc1. The van der Waals surface area contributed by atoms with E-state index in [0.29, 0.717) is 0 Å². The molecule has 4 heteroatoms. The van der Waals surface area contributed by atoms with Crippen molar-refractivity contribution in [3.63, 3.8) is 0 Å². The lowest BCUT2D eigenvalue weighted by atomic mass is 9.81. The molecule has 0 unspecified atom stereocenters. The third kappa shape index (κ3) is 5.19. The lowest BCUT2D eigenvalue weighted by Gasteiger charge is -2.27. The number of hydrogen-bond acceptors (Lipinski definition) is 2. The van der Waals surface area contributed by atoms with Gasteiger partial charge in [-0.25, -0.2) is 0 Å². The zero-order valence-electron chi connectivity index (χ0n) is 16.3. The molecule has 27 heavy (non-hydrogen) atoms. The maximum Gasteiger partial charge on any atom is 0.227 e. The number of amides is 2. The smallest absolute Gasteiger partial charge is 0.227 e. The first-order chi connectivity index (χ1) is 12.9. The van der Waals surface area contributed by atoms with Gasteiger partial charge in [-0.3, -0.25) is 9.59 Å².